The highest BCUT2D eigenvalue weighted by molar-refractivity contribution is 5.32. The number of likely N-dealkylation sites (tertiary alicyclic amines) is 1. The summed E-state index contributed by atoms with van der Waals surface area (Å²) in [7, 11) is 0. The minimum Gasteiger partial charge on any atom is -0.341 e. The Labute approximate surface area is 158 Å². The van der Waals surface area contributed by atoms with Crippen LogP contribution < -0.4 is 10.5 Å². The summed E-state index contributed by atoms with van der Waals surface area (Å²) in [5.74, 6) is 2.56. The molecule has 142 valence electrons. The zero-order valence-corrected chi connectivity index (χ0v) is 15.8. The van der Waals surface area contributed by atoms with Gasteiger partial charge in [0, 0.05) is 50.4 Å². The van der Waals surface area contributed by atoms with E-state index in [1.165, 1.54) is 12.8 Å². The molecule has 2 saturated heterocycles. The summed E-state index contributed by atoms with van der Waals surface area (Å²) in [5.41, 5.74) is 3.08. The topological polar surface area (TPSA) is 78.0 Å². The SMILES string of the molecule is Cc1nc2c(c(=O)[nH]1)CC[C@@H]1CN(Cc3ccnc(N4CCCC4)n3)C[C@H]21. The van der Waals surface area contributed by atoms with Crippen molar-refractivity contribution in [3.63, 3.8) is 0 Å². The van der Waals surface area contributed by atoms with Crippen LogP contribution in [0, 0.1) is 12.8 Å². The molecule has 0 radical (unpaired) electrons. The average molecular weight is 366 g/mol. The fraction of sp³-hybridized carbons (Fsp3) is 0.600. The molecule has 2 fully saturated rings. The first-order valence-corrected chi connectivity index (χ1v) is 10.1. The summed E-state index contributed by atoms with van der Waals surface area (Å²) in [4.78, 5) is 33.9. The summed E-state index contributed by atoms with van der Waals surface area (Å²) in [6, 6.07) is 2.03. The Morgan fingerprint density at radius 3 is 2.93 bits per heavy atom. The van der Waals surface area contributed by atoms with Crippen LogP contribution in [0.15, 0.2) is 17.1 Å². The first-order valence-electron chi connectivity index (χ1n) is 10.1. The van der Waals surface area contributed by atoms with Crippen LogP contribution >= 0.6 is 0 Å². The second-order valence-corrected chi connectivity index (χ2v) is 8.16. The molecule has 0 saturated carbocycles. The molecular formula is C20H26N6O. The van der Waals surface area contributed by atoms with Gasteiger partial charge < -0.3 is 9.88 Å². The predicted octanol–water partition coefficient (Wildman–Crippen LogP) is 1.63. The molecule has 0 spiro atoms. The summed E-state index contributed by atoms with van der Waals surface area (Å²) in [5, 5.41) is 0. The van der Waals surface area contributed by atoms with E-state index in [0.29, 0.717) is 11.8 Å². The summed E-state index contributed by atoms with van der Waals surface area (Å²) in [6.07, 6.45) is 6.27. The summed E-state index contributed by atoms with van der Waals surface area (Å²) >= 11 is 0. The minimum atomic E-state index is 0.0560. The van der Waals surface area contributed by atoms with Crippen LogP contribution in [0.5, 0.6) is 0 Å². The number of nitrogens with one attached hydrogen (secondary N) is 1. The lowest BCUT2D eigenvalue weighted by Gasteiger charge is -2.25. The van der Waals surface area contributed by atoms with Crippen molar-refractivity contribution in [2.75, 3.05) is 31.1 Å². The number of rotatable bonds is 3. The Hall–Kier alpha value is -2.28. The maximum absolute atomic E-state index is 12.3. The predicted molar refractivity (Wildman–Crippen MR) is 103 cm³/mol. The normalized spacial score (nSPS) is 24.9. The third-order valence-corrected chi connectivity index (χ3v) is 6.27. The van der Waals surface area contributed by atoms with Gasteiger partial charge in [-0.2, -0.15) is 0 Å². The molecule has 5 rings (SSSR count). The third-order valence-electron chi connectivity index (χ3n) is 6.27. The van der Waals surface area contributed by atoms with Gasteiger partial charge in [-0.1, -0.05) is 0 Å². The van der Waals surface area contributed by atoms with E-state index in [-0.39, 0.29) is 5.56 Å². The highest BCUT2D eigenvalue weighted by Gasteiger charge is 2.39. The Kier molecular flexibility index (Phi) is 4.19. The highest BCUT2D eigenvalue weighted by Crippen LogP contribution is 2.39. The van der Waals surface area contributed by atoms with Crippen molar-refractivity contribution in [1.29, 1.82) is 0 Å². The van der Waals surface area contributed by atoms with Gasteiger partial charge in [0.05, 0.1) is 11.4 Å². The molecule has 3 aliphatic rings. The van der Waals surface area contributed by atoms with Crippen molar-refractivity contribution in [2.45, 2.75) is 45.1 Å². The smallest absolute Gasteiger partial charge is 0.254 e. The van der Waals surface area contributed by atoms with Crippen molar-refractivity contribution in [3.05, 3.63) is 45.4 Å². The molecular weight excluding hydrogens is 340 g/mol. The number of H-pyrrole nitrogens is 1. The maximum Gasteiger partial charge on any atom is 0.254 e. The molecule has 2 aromatic heterocycles. The zero-order valence-electron chi connectivity index (χ0n) is 15.8. The number of hydrogen-bond donors (Lipinski definition) is 1. The van der Waals surface area contributed by atoms with Crippen molar-refractivity contribution < 1.29 is 0 Å². The Bertz CT molecular complexity index is 904. The quantitative estimate of drug-likeness (QED) is 0.890. The van der Waals surface area contributed by atoms with E-state index in [9.17, 15) is 4.79 Å². The molecule has 1 aliphatic carbocycles. The Morgan fingerprint density at radius 2 is 2.07 bits per heavy atom. The van der Waals surface area contributed by atoms with Gasteiger partial charge in [0.2, 0.25) is 5.95 Å². The lowest BCUT2D eigenvalue weighted by atomic mass is 9.80. The molecule has 0 aromatic carbocycles. The van der Waals surface area contributed by atoms with Gasteiger partial charge in [0.1, 0.15) is 5.82 Å². The molecule has 0 bridgehead atoms. The van der Waals surface area contributed by atoms with Crippen molar-refractivity contribution in [1.82, 2.24) is 24.8 Å². The Balaban J connectivity index is 1.34. The second kappa shape index (κ2) is 6.71. The number of anilines is 1. The van der Waals surface area contributed by atoms with E-state index in [1.807, 2.05) is 19.2 Å². The lowest BCUT2D eigenvalue weighted by molar-refractivity contribution is 0.310. The van der Waals surface area contributed by atoms with Gasteiger partial charge in [-0.25, -0.2) is 15.0 Å². The summed E-state index contributed by atoms with van der Waals surface area (Å²) in [6.45, 7) is 6.85. The van der Waals surface area contributed by atoms with Crippen LogP contribution in [-0.2, 0) is 13.0 Å². The molecule has 4 heterocycles. The van der Waals surface area contributed by atoms with Gasteiger partial charge in [0.25, 0.3) is 5.56 Å². The standard InChI is InChI=1S/C20H26N6O/c1-13-22-18-16(19(27)23-13)5-4-14-10-25(12-17(14)18)11-15-6-7-21-20(24-15)26-8-2-3-9-26/h6-7,14,17H,2-5,8-12H2,1H3,(H,22,23,27)/t14-,17+/m1/s1. The first-order chi connectivity index (χ1) is 13.2. The van der Waals surface area contributed by atoms with Crippen molar-refractivity contribution in [3.8, 4) is 0 Å². The minimum absolute atomic E-state index is 0.0560. The average Bonchev–Trinajstić information content (AvgIpc) is 3.31. The largest absolute Gasteiger partial charge is 0.341 e. The molecule has 2 atom stereocenters. The lowest BCUT2D eigenvalue weighted by Crippen LogP contribution is -2.28. The van der Waals surface area contributed by atoms with E-state index >= 15 is 0 Å². The third kappa shape index (κ3) is 3.14. The molecule has 0 unspecified atom stereocenters. The van der Waals surface area contributed by atoms with Crippen LogP contribution in [-0.4, -0.2) is 51.0 Å². The number of fused-ring (bicyclic) bond motifs is 3. The van der Waals surface area contributed by atoms with Gasteiger partial charge >= 0.3 is 0 Å². The van der Waals surface area contributed by atoms with Gasteiger partial charge in [-0.15, -0.1) is 0 Å². The molecule has 27 heavy (non-hydrogen) atoms. The van der Waals surface area contributed by atoms with Gasteiger partial charge in [-0.3, -0.25) is 9.69 Å². The number of hydrogen-bond acceptors (Lipinski definition) is 6. The Morgan fingerprint density at radius 1 is 1.22 bits per heavy atom. The molecule has 2 aliphatic heterocycles. The molecule has 0 amide bonds. The van der Waals surface area contributed by atoms with E-state index in [1.54, 1.807) is 0 Å². The van der Waals surface area contributed by atoms with Crippen LogP contribution in [0.25, 0.3) is 0 Å². The first kappa shape index (κ1) is 16.9. The molecule has 7 nitrogen and oxygen atoms in total. The maximum atomic E-state index is 12.3. The molecule has 7 heteroatoms. The summed E-state index contributed by atoms with van der Waals surface area (Å²) < 4.78 is 0. The number of aryl methyl sites for hydroxylation is 1. The second-order valence-electron chi connectivity index (χ2n) is 8.16. The zero-order chi connectivity index (χ0) is 18.4. The van der Waals surface area contributed by atoms with E-state index in [0.717, 1.165) is 74.3 Å². The fourth-order valence-corrected chi connectivity index (χ4v) is 4.97. The van der Waals surface area contributed by atoms with E-state index in [2.05, 4.69) is 19.8 Å². The number of aromatic nitrogens is 4. The van der Waals surface area contributed by atoms with Crippen LogP contribution in [0.4, 0.5) is 5.95 Å². The highest BCUT2D eigenvalue weighted by atomic mass is 16.1. The van der Waals surface area contributed by atoms with Crippen LogP contribution in [0.2, 0.25) is 0 Å². The molecule has 1 N–H and O–H groups in total. The van der Waals surface area contributed by atoms with Gasteiger partial charge in [0.15, 0.2) is 0 Å². The monoisotopic (exact) mass is 366 g/mol. The fourth-order valence-electron chi connectivity index (χ4n) is 4.97. The molecule has 2 aromatic rings. The number of aromatic amines is 1. The van der Waals surface area contributed by atoms with Gasteiger partial charge in [-0.05, 0) is 44.6 Å². The van der Waals surface area contributed by atoms with Crippen LogP contribution in [0.1, 0.15) is 48.0 Å². The van der Waals surface area contributed by atoms with E-state index < -0.39 is 0 Å². The van der Waals surface area contributed by atoms with Crippen LogP contribution in [0.3, 0.4) is 0 Å². The van der Waals surface area contributed by atoms with E-state index in [4.69, 9.17) is 9.97 Å². The van der Waals surface area contributed by atoms with Crippen molar-refractivity contribution >= 4 is 5.95 Å². The number of nitrogens with zero attached hydrogens (tertiary/aromatic N) is 5. The van der Waals surface area contributed by atoms with Crippen molar-refractivity contribution in [2.24, 2.45) is 5.92 Å².